The van der Waals surface area contributed by atoms with Gasteiger partial charge in [-0.2, -0.15) is 0 Å². The van der Waals surface area contributed by atoms with Crippen LogP contribution in [0.5, 0.6) is 0 Å². The van der Waals surface area contributed by atoms with Gasteiger partial charge in [-0.15, -0.1) is 5.10 Å². The van der Waals surface area contributed by atoms with Crippen molar-refractivity contribution in [3.63, 3.8) is 0 Å². The summed E-state index contributed by atoms with van der Waals surface area (Å²) in [5, 5.41) is 7.36. The summed E-state index contributed by atoms with van der Waals surface area (Å²) in [4.78, 5) is 36.5. The normalized spacial score (nSPS) is 13.7. The number of fused-ring (bicyclic) bond motifs is 1. The summed E-state index contributed by atoms with van der Waals surface area (Å²) in [6.07, 6.45) is 6.95. The highest BCUT2D eigenvalue weighted by atomic mass is 16.2. The third-order valence-electron chi connectivity index (χ3n) is 4.99. The van der Waals surface area contributed by atoms with Crippen molar-refractivity contribution in [2.24, 2.45) is 0 Å². The number of rotatable bonds is 6. The SMILES string of the molecule is O=C(NCCn1nc(-c2cccnc2)n(C2CC2)c1=O)c1ccc2nc[nH]c2c1. The zero-order valence-electron chi connectivity index (χ0n) is 15.6. The van der Waals surface area contributed by atoms with Gasteiger partial charge in [-0.3, -0.25) is 14.3 Å². The van der Waals surface area contributed by atoms with E-state index in [-0.39, 0.29) is 17.6 Å². The van der Waals surface area contributed by atoms with E-state index in [1.54, 1.807) is 41.5 Å². The van der Waals surface area contributed by atoms with E-state index in [1.165, 1.54) is 4.68 Å². The Kier molecular flexibility index (Phi) is 4.19. The van der Waals surface area contributed by atoms with Crippen molar-refractivity contribution < 1.29 is 4.79 Å². The molecule has 0 aliphatic heterocycles. The lowest BCUT2D eigenvalue weighted by molar-refractivity contribution is 0.0952. The summed E-state index contributed by atoms with van der Waals surface area (Å²) < 4.78 is 3.16. The first-order chi connectivity index (χ1) is 14.2. The van der Waals surface area contributed by atoms with Gasteiger partial charge in [-0.25, -0.2) is 14.5 Å². The molecule has 2 N–H and O–H groups in total. The van der Waals surface area contributed by atoms with Crippen LogP contribution >= 0.6 is 0 Å². The molecule has 9 heteroatoms. The zero-order chi connectivity index (χ0) is 19.8. The lowest BCUT2D eigenvalue weighted by atomic mass is 10.2. The number of H-pyrrole nitrogens is 1. The minimum Gasteiger partial charge on any atom is -0.350 e. The standard InChI is InChI=1S/C20H19N7O2/c28-19(13-3-6-16-17(10-13)24-12-23-16)22-8-9-26-20(29)27(15-4-5-15)18(25-26)14-2-1-7-21-11-14/h1-3,6-7,10-12,15H,4-5,8-9H2,(H,22,28)(H,23,24). The minimum absolute atomic E-state index is 0.153. The first-order valence-corrected chi connectivity index (χ1v) is 9.52. The molecule has 29 heavy (non-hydrogen) atoms. The maximum absolute atomic E-state index is 12.8. The molecule has 1 aliphatic rings. The number of aromatic amines is 1. The van der Waals surface area contributed by atoms with Crippen LogP contribution in [0, 0.1) is 0 Å². The van der Waals surface area contributed by atoms with Gasteiger partial charge in [-0.05, 0) is 43.2 Å². The van der Waals surface area contributed by atoms with Crippen LogP contribution in [0.4, 0.5) is 0 Å². The fourth-order valence-electron chi connectivity index (χ4n) is 3.37. The van der Waals surface area contributed by atoms with Gasteiger partial charge in [-0.1, -0.05) is 0 Å². The number of amides is 1. The number of pyridine rings is 1. The molecular formula is C20H19N7O2. The molecule has 0 radical (unpaired) electrons. The smallest absolute Gasteiger partial charge is 0.346 e. The van der Waals surface area contributed by atoms with Gasteiger partial charge in [0.2, 0.25) is 0 Å². The molecule has 1 amide bonds. The Morgan fingerprint density at radius 1 is 1.28 bits per heavy atom. The largest absolute Gasteiger partial charge is 0.350 e. The van der Waals surface area contributed by atoms with Crippen molar-refractivity contribution in [1.29, 1.82) is 0 Å². The second kappa shape index (κ2) is 7.01. The van der Waals surface area contributed by atoms with Crippen molar-refractivity contribution in [3.05, 3.63) is 65.1 Å². The molecule has 9 nitrogen and oxygen atoms in total. The molecule has 3 aromatic heterocycles. The van der Waals surface area contributed by atoms with E-state index in [0.29, 0.717) is 24.5 Å². The second-order valence-electron chi connectivity index (χ2n) is 7.06. The summed E-state index contributed by atoms with van der Waals surface area (Å²) in [6.45, 7) is 0.595. The molecule has 5 rings (SSSR count). The summed E-state index contributed by atoms with van der Waals surface area (Å²) in [6, 6.07) is 9.20. The molecule has 0 saturated heterocycles. The average Bonchev–Trinajstić information content (AvgIpc) is 3.38. The number of imidazole rings is 1. The van der Waals surface area contributed by atoms with Crippen LogP contribution in [0.15, 0.2) is 53.8 Å². The van der Waals surface area contributed by atoms with E-state index >= 15 is 0 Å². The number of aromatic nitrogens is 6. The number of carbonyl (C=O) groups excluding carboxylic acids is 1. The van der Waals surface area contributed by atoms with E-state index < -0.39 is 0 Å². The fraction of sp³-hybridized carbons (Fsp3) is 0.250. The Bertz CT molecular complexity index is 1230. The van der Waals surface area contributed by atoms with E-state index in [4.69, 9.17) is 0 Å². The third-order valence-corrected chi connectivity index (χ3v) is 4.99. The number of nitrogens with zero attached hydrogens (tertiary/aromatic N) is 5. The number of hydrogen-bond acceptors (Lipinski definition) is 5. The van der Waals surface area contributed by atoms with Crippen molar-refractivity contribution in [1.82, 2.24) is 34.6 Å². The Balaban J connectivity index is 1.32. The molecule has 0 atom stereocenters. The molecular weight excluding hydrogens is 370 g/mol. The molecule has 146 valence electrons. The fourth-order valence-corrected chi connectivity index (χ4v) is 3.37. The molecule has 1 aromatic carbocycles. The predicted molar refractivity (Wildman–Crippen MR) is 106 cm³/mol. The van der Waals surface area contributed by atoms with Crippen LogP contribution < -0.4 is 11.0 Å². The number of benzene rings is 1. The lowest BCUT2D eigenvalue weighted by Gasteiger charge is -2.05. The van der Waals surface area contributed by atoms with Gasteiger partial charge in [0.15, 0.2) is 5.82 Å². The second-order valence-corrected chi connectivity index (χ2v) is 7.06. The summed E-state index contributed by atoms with van der Waals surface area (Å²) in [5.41, 5.74) is 2.81. The van der Waals surface area contributed by atoms with E-state index in [1.807, 2.05) is 12.1 Å². The predicted octanol–water partition coefficient (Wildman–Crippen LogP) is 1.75. The van der Waals surface area contributed by atoms with Crippen LogP contribution in [-0.4, -0.2) is 41.8 Å². The maximum Gasteiger partial charge on any atom is 0.346 e. The van der Waals surface area contributed by atoms with Gasteiger partial charge >= 0.3 is 5.69 Å². The molecule has 4 aromatic rings. The number of hydrogen-bond donors (Lipinski definition) is 2. The molecule has 0 unspecified atom stereocenters. The molecule has 1 saturated carbocycles. The van der Waals surface area contributed by atoms with Gasteiger partial charge < -0.3 is 10.3 Å². The maximum atomic E-state index is 12.8. The number of nitrogens with one attached hydrogen (secondary N) is 2. The quantitative estimate of drug-likeness (QED) is 0.522. The van der Waals surface area contributed by atoms with E-state index in [9.17, 15) is 9.59 Å². The van der Waals surface area contributed by atoms with Gasteiger partial charge in [0.25, 0.3) is 5.91 Å². The average molecular weight is 389 g/mol. The highest BCUT2D eigenvalue weighted by Gasteiger charge is 2.30. The Labute approximate surface area is 165 Å². The summed E-state index contributed by atoms with van der Waals surface area (Å²) in [7, 11) is 0. The van der Waals surface area contributed by atoms with Gasteiger partial charge in [0.05, 0.1) is 23.9 Å². The lowest BCUT2D eigenvalue weighted by Crippen LogP contribution is -2.32. The van der Waals surface area contributed by atoms with Crippen LogP contribution in [-0.2, 0) is 6.54 Å². The highest BCUT2D eigenvalue weighted by Crippen LogP contribution is 2.36. The van der Waals surface area contributed by atoms with Crippen molar-refractivity contribution in [2.75, 3.05) is 6.54 Å². The van der Waals surface area contributed by atoms with Crippen molar-refractivity contribution in [3.8, 4) is 11.4 Å². The summed E-state index contributed by atoms with van der Waals surface area (Å²) in [5.74, 6) is 0.422. The van der Waals surface area contributed by atoms with Crippen LogP contribution in [0.25, 0.3) is 22.4 Å². The Hall–Kier alpha value is -3.75. The van der Waals surface area contributed by atoms with Crippen LogP contribution in [0.2, 0.25) is 0 Å². The van der Waals surface area contributed by atoms with Gasteiger partial charge in [0, 0.05) is 36.1 Å². The van der Waals surface area contributed by atoms with Gasteiger partial charge in [0.1, 0.15) is 0 Å². The summed E-state index contributed by atoms with van der Waals surface area (Å²) >= 11 is 0. The molecule has 0 spiro atoms. The zero-order valence-corrected chi connectivity index (χ0v) is 15.6. The van der Waals surface area contributed by atoms with Crippen molar-refractivity contribution in [2.45, 2.75) is 25.4 Å². The van der Waals surface area contributed by atoms with Crippen LogP contribution in [0.1, 0.15) is 29.2 Å². The van der Waals surface area contributed by atoms with E-state index in [2.05, 4.69) is 25.4 Å². The first kappa shape index (κ1) is 17.4. The molecule has 1 aliphatic carbocycles. The molecule has 1 fully saturated rings. The topological polar surface area (TPSA) is 110 Å². The van der Waals surface area contributed by atoms with E-state index in [0.717, 1.165) is 29.4 Å². The highest BCUT2D eigenvalue weighted by molar-refractivity contribution is 5.97. The number of carbonyl (C=O) groups is 1. The first-order valence-electron chi connectivity index (χ1n) is 9.52. The minimum atomic E-state index is -0.205. The Morgan fingerprint density at radius 3 is 2.97 bits per heavy atom. The van der Waals surface area contributed by atoms with Crippen molar-refractivity contribution >= 4 is 16.9 Å². The molecule has 0 bridgehead atoms. The molecule has 3 heterocycles. The Morgan fingerprint density at radius 2 is 2.17 bits per heavy atom. The third kappa shape index (κ3) is 3.31. The monoisotopic (exact) mass is 389 g/mol. The van der Waals surface area contributed by atoms with Crippen LogP contribution in [0.3, 0.4) is 0 Å².